The number of hydrogen-bond acceptors (Lipinski definition) is 5. The molecule has 1 aromatic carbocycles. The molecule has 26 heavy (non-hydrogen) atoms. The molecule has 7 heteroatoms. The lowest BCUT2D eigenvalue weighted by atomic mass is 9.82. The Bertz CT molecular complexity index is 638. The number of piperidine rings is 1. The molecular formula is C19H28N2O5. The summed E-state index contributed by atoms with van der Waals surface area (Å²) in [5, 5.41) is 22.2. The summed E-state index contributed by atoms with van der Waals surface area (Å²) >= 11 is 0. The zero-order valence-electron chi connectivity index (χ0n) is 15.9. The van der Waals surface area contributed by atoms with Crippen molar-refractivity contribution in [1.29, 1.82) is 0 Å². The van der Waals surface area contributed by atoms with Crippen molar-refractivity contribution in [2.45, 2.75) is 77.0 Å². The highest BCUT2D eigenvalue weighted by Crippen LogP contribution is 2.39. The Morgan fingerprint density at radius 2 is 1.77 bits per heavy atom. The van der Waals surface area contributed by atoms with Gasteiger partial charge in [0, 0.05) is 23.2 Å². The van der Waals surface area contributed by atoms with Gasteiger partial charge in [-0.15, -0.1) is 0 Å². The molecule has 0 bridgehead atoms. The molecule has 0 aromatic heterocycles. The van der Waals surface area contributed by atoms with Crippen molar-refractivity contribution in [3.8, 4) is 0 Å². The van der Waals surface area contributed by atoms with E-state index in [4.69, 9.17) is 4.84 Å². The van der Waals surface area contributed by atoms with Crippen LogP contribution in [0.25, 0.3) is 0 Å². The predicted octanol–water partition coefficient (Wildman–Crippen LogP) is 3.96. The number of carboxylic acid groups (broad SMARTS) is 1. The fourth-order valence-electron chi connectivity index (χ4n) is 3.69. The first-order chi connectivity index (χ1) is 12.0. The second-order valence-electron chi connectivity index (χ2n) is 8.17. The summed E-state index contributed by atoms with van der Waals surface area (Å²) in [5.41, 5.74) is 0.408. The van der Waals surface area contributed by atoms with Gasteiger partial charge in [-0.25, -0.2) is 4.79 Å². The number of nitro benzene ring substituents is 1. The van der Waals surface area contributed by atoms with Crippen LogP contribution in [0.5, 0.6) is 0 Å². The first-order valence-corrected chi connectivity index (χ1v) is 8.96. The molecule has 1 heterocycles. The number of nitrogens with zero attached hydrogens (tertiary/aromatic N) is 2. The van der Waals surface area contributed by atoms with Crippen molar-refractivity contribution in [2.24, 2.45) is 0 Å². The molecule has 0 radical (unpaired) electrons. The van der Waals surface area contributed by atoms with Crippen LogP contribution in [0.4, 0.5) is 5.69 Å². The predicted molar refractivity (Wildman–Crippen MR) is 97.8 cm³/mol. The Morgan fingerprint density at radius 1 is 1.23 bits per heavy atom. The van der Waals surface area contributed by atoms with Gasteiger partial charge in [-0.05, 0) is 65.4 Å². The zero-order valence-corrected chi connectivity index (χ0v) is 15.9. The van der Waals surface area contributed by atoms with Gasteiger partial charge in [-0.3, -0.25) is 15.0 Å². The van der Waals surface area contributed by atoms with Crippen molar-refractivity contribution in [2.75, 3.05) is 0 Å². The smallest absolute Gasteiger partial charge is 0.334 e. The molecule has 0 saturated carbocycles. The second-order valence-corrected chi connectivity index (χ2v) is 8.17. The minimum absolute atomic E-state index is 0.0246. The van der Waals surface area contributed by atoms with Crippen molar-refractivity contribution >= 4 is 11.7 Å². The largest absolute Gasteiger partial charge is 0.479 e. The molecule has 1 fully saturated rings. The van der Waals surface area contributed by atoms with Gasteiger partial charge in [0.15, 0.2) is 6.10 Å². The molecule has 1 atom stereocenters. The number of rotatable bonds is 7. The van der Waals surface area contributed by atoms with Gasteiger partial charge in [0.05, 0.1) is 4.92 Å². The van der Waals surface area contributed by atoms with Crippen LogP contribution in [0.2, 0.25) is 0 Å². The van der Waals surface area contributed by atoms with Gasteiger partial charge < -0.3 is 5.11 Å². The number of benzene rings is 1. The lowest BCUT2D eigenvalue weighted by Crippen LogP contribution is -2.59. The van der Waals surface area contributed by atoms with Gasteiger partial charge in [-0.2, -0.15) is 5.06 Å². The first-order valence-electron chi connectivity index (χ1n) is 8.96. The van der Waals surface area contributed by atoms with Crippen LogP contribution < -0.4 is 0 Å². The van der Waals surface area contributed by atoms with E-state index in [1.165, 1.54) is 12.1 Å². The fraction of sp³-hybridized carbons (Fsp3) is 0.632. The minimum atomic E-state index is -0.996. The molecule has 0 spiro atoms. The van der Waals surface area contributed by atoms with Gasteiger partial charge >= 0.3 is 5.97 Å². The molecule has 144 valence electrons. The van der Waals surface area contributed by atoms with E-state index in [0.29, 0.717) is 12.8 Å². The third-order valence-electron chi connectivity index (χ3n) is 5.03. The molecule has 1 saturated heterocycles. The number of hydrogen-bond donors (Lipinski definition) is 1. The van der Waals surface area contributed by atoms with Crippen molar-refractivity contribution < 1.29 is 19.7 Å². The van der Waals surface area contributed by atoms with Crippen molar-refractivity contribution in [3.63, 3.8) is 0 Å². The summed E-state index contributed by atoms with van der Waals surface area (Å²) < 4.78 is 0. The molecule has 1 aliphatic heterocycles. The van der Waals surface area contributed by atoms with Crippen LogP contribution in [0.1, 0.15) is 58.9 Å². The molecule has 7 nitrogen and oxygen atoms in total. The summed E-state index contributed by atoms with van der Waals surface area (Å²) in [6.07, 6.45) is 2.80. The van der Waals surface area contributed by atoms with Crippen LogP contribution in [-0.2, 0) is 16.1 Å². The third kappa shape index (κ3) is 4.80. The molecule has 1 aromatic rings. The van der Waals surface area contributed by atoms with E-state index in [1.54, 1.807) is 12.1 Å². The number of carboxylic acids is 1. The van der Waals surface area contributed by atoms with Gasteiger partial charge in [0.1, 0.15) is 0 Å². The average molecular weight is 364 g/mol. The summed E-state index contributed by atoms with van der Waals surface area (Å²) in [5.74, 6) is -0.996. The monoisotopic (exact) mass is 364 g/mol. The summed E-state index contributed by atoms with van der Waals surface area (Å²) in [7, 11) is 0. The number of hydroxylamine groups is 2. The van der Waals surface area contributed by atoms with Gasteiger partial charge in [-0.1, -0.05) is 12.1 Å². The number of aliphatic carboxylic acids is 1. The molecule has 0 aliphatic carbocycles. The average Bonchev–Trinajstić information content (AvgIpc) is 2.53. The van der Waals surface area contributed by atoms with Crippen LogP contribution in [0, 0.1) is 10.1 Å². The third-order valence-corrected chi connectivity index (χ3v) is 5.03. The molecule has 0 unspecified atom stereocenters. The van der Waals surface area contributed by atoms with Crippen molar-refractivity contribution in [1.82, 2.24) is 5.06 Å². The topological polar surface area (TPSA) is 92.9 Å². The second kappa shape index (κ2) is 7.72. The van der Waals surface area contributed by atoms with E-state index >= 15 is 0 Å². The summed E-state index contributed by atoms with van der Waals surface area (Å²) in [6, 6.07) is 6.18. The standard InChI is InChI=1S/C19H28N2O5/c1-18(2)12-5-13-19(3,4)21(18)26-16(17(22)23)11-8-14-6-9-15(10-7-14)20(24)25/h6-7,9-10,16H,5,8,11-13H2,1-4H3,(H,22,23)/t16-/m0/s1. The number of carbonyl (C=O) groups is 1. The normalized spacial score (nSPS) is 20.5. The lowest BCUT2D eigenvalue weighted by Gasteiger charge is -2.52. The maximum absolute atomic E-state index is 11.7. The van der Waals surface area contributed by atoms with E-state index in [0.717, 1.165) is 24.8 Å². The zero-order chi connectivity index (χ0) is 19.5. The minimum Gasteiger partial charge on any atom is -0.479 e. The van der Waals surface area contributed by atoms with E-state index < -0.39 is 17.0 Å². The molecular weight excluding hydrogens is 336 g/mol. The Balaban J connectivity index is 2.06. The highest BCUT2D eigenvalue weighted by molar-refractivity contribution is 5.72. The highest BCUT2D eigenvalue weighted by atomic mass is 16.7. The maximum atomic E-state index is 11.7. The maximum Gasteiger partial charge on any atom is 0.334 e. The van der Waals surface area contributed by atoms with Gasteiger partial charge in [0.25, 0.3) is 5.69 Å². The number of nitro groups is 1. The summed E-state index contributed by atoms with van der Waals surface area (Å²) in [6.45, 7) is 8.29. The number of non-ortho nitro benzene ring substituents is 1. The van der Waals surface area contributed by atoms with Gasteiger partial charge in [0.2, 0.25) is 0 Å². The Kier molecular flexibility index (Phi) is 6.03. The Hall–Kier alpha value is -1.99. The quantitative estimate of drug-likeness (QED) is 0.581. The van der Waals surface area contributed by atoms with E-state index in [1.807, 2.05) is 5.06 Å². The molecule has 0 amide bonds. The molecule has 2 rings (SSSR count). The van der Waals surface area contributed by atoms with Crippen LogP contribution in [-0.4, -0.2) is 38.2 Å². The van der Waals surface area contributed by atoms with E-state index in [-0.39, 0.29) is 16.8 Å². The van der Waals surface area contributed by atoms with Crippen LogP contribution in [0.15, 0.2) is 24.3 Å². The number of aryl methyl sites for hydroxylation is 1. The van der Waals surface area contributed by atoms with E-state index in [2.05, 4.69) is 27.7 Å². The molecule has 1 aliphatic rings. The van der Waals surface area contributed by atoms with Crippen LogP contribution >= 0.6 is 0 Å². The SMILES string of the molecule is CC1(C)CCCC(C)(C)N1O[C@@H](CCc1ccc([N+](=O)[O-])cc1)C(=O)O. The van der Waals surface area contributed by atoms with E-state index in [9.17, 15) is 20.0 Å². The Morgan fingerprint density at radius 3 is 2.23 bits per heavy atom. The first kappa shape index (κ1) is 20.3. The lowest BCUT2D eigenvalue weighted by molar-refractivity contribution is -0.384. The van der Waals surface area contributed by atoms with Crippen LogP contribution in [0.3, 0.4) is 0 Å². The summed E-state index contributed by atoms with van der Waals surface area (Å²) in [4.78, 5) is 28.0. The van der Waals surface area contributed by atoms with Crippen molar-refractivity contribution in [3.05, 3.63) is 39.9 Å². The Labute approximate surface area is 154 Å². The fourth-order valence-corrected chi connectivity index (χ4v) is 3.69. The highest BCUT2D eigenvalue weighted by Gasteiger charge is 2.44. The molecule has 1 N–H and O–H groups in total.